The second-order valence-corrected chi connectivity index (χ2v) is 4.31. The van der Waals surface area contributed by atoms with Gasteiger partial charge in [0.05, 0.1) is 4.92 Å². The normalized spacial score (nSPS) is 11.0. The van der Waals surface area contributed by atoms with Crippen LogP contribution in [0.5, 0.6) is 0 Å². The summed E-state index contributed by atoms with van der Waals surface area (Å²) in [4.78, 5) is 32.2. The van der Waals surface area contributed by atoms with Crippen LogP contribution >= 0.6 is 0 Å². The number of ether oxygens (including phenoxy) is 1. The van der Waals surface area contributed by atoms with Gasteiger partial charge in [-0.1, -0.05) is 0 Å². The third kappa shape index (κ3) is 2.90. The standard InChI is InChI=1S/C10H12N2O5/c1-10(2,3)17-9(14)11-5-4-7(12(15)16)8(11)6-13/h4-6H,1-3H3. The highest BCUT2D eigenvalue weighted by molar-refractivity contribution is 5.86. The fraction of sp³-hybridized carbons (Fsp3) is 0.400. The molecule has 0 saturated carbocycles. The molecule has 1 aromatic heterocycles. The Morgan fingerprint density at radius 1 is 1.53 bits per heavy atom. The molecule has 7 heteroatoms. The number of carbonyl (C=O) groups is 2. The van der Waals surface area contributed by atoms with Crippen LogP contribution in [-0.2, 0) is 4.74 Å². The predicted octanol–water partition coefficient (Wildman–Crippen LogP) is 1.99. The van der Waals surface area contributed by atoms with Crippen LogP contribution in [0.4, 0.5) is 10.5 Å². The van der Waals surface area contributed by atoms with Gasteiger partial charge < -0.3 is 4.74 Å². The second kappa shape index (κ2) is 4.36. The molecule has 1 aromatic rings. The minimum Gasteiger partial charge on any atom is -0.443 e. The molecule has 1 rings (SSSR count). The van der Waals surface area contributed by atoms with Crippen LogP contribution in [-0.4, -0.2) is 27.5 Å². The molecule has 0 aliphatic heterocycles. The van der Waals surface area contributed by atoms with Crippen molar-refractivity contribution in [2.24, 2.45) is 0 Å². The van der Waals surface area contributed by atoms with Gasteiger partial charge in [-0.2, -0.15) is 0 Å². The van der Waals surface area contributed by atoms with Gasteiger partial charge in [-0.25, -0.2) is 9.36 Å². The predicted molar refractivity (Wildman–Crippen MR) is 58.1 cm³/mol. The molecule has 0 fully saturated rings. The van der Waals surface area contributed by atoms with Crippen molar-refractivity contribution < 1.29 is 19.2 Å². The van der Waals surface area contributed by atoms with E-state index in [1.165, 1.54) is 0 Å². The highest BCUT2D eigenvalue weighted by Crippen LogP contribution is 2.19. The van der Waals surface area contributed by atoms with Gasteiger partial charge in [0.2, 0.25) is 0 Å². The summed E-state index contributed by atoms with van der Waals surface area (Å²) in [5, 5.41) is 10.6. The molecule has 0 aliphatic carbocycles. The number of hydrogen-bond donors (Lipinski definition) is 0. The maximum atomic E-state index is 11.6. The molecule has 0 atom stereocenters. The van der Waals surface area contributed by atoms with E-state index in [-0.39, 0.29) is 12.0 Å². The number of aromatic nitrogens is 1. The van der Waals surface area contributed by atoms with Crippen LogP contribution in [0.1, 0.15) is 31.3 Å². The first-order valence-corrected chi connectivity index (χ1v) is 4.80. The van der Waals surface area contributed by atoms with Crippen LogP contribution in [0.25, 0.3) is 0 Å². The van der Waals surface area contributed by atoms with Crippen molar-refractivity contribution in [3.05, 3.63) is 28.1 Å². The molecule has 0 unspecified atom stereocenters. The van der Waals surface area contributed by atoms with Crippen molar-refractivity contribution in [2.45, 2.75) is 26.4 Å². The van der Waals surface area contributed by atoms with Crippen molar-refractivity contribution in [2.75, 3.05) is 0 Å². The zero-order valence-corrected chi connectivity index (χ0v) is 9.67. The number of aldehydes is 1. The minimum absolute atomic E-state index is 0.252. The molecular weight excluding hydrogens is 228 g/mol. The monoisotopic (exact) mass is 240 g/mol. The molecule has 0 bridgehead atoms. The minimum atomic E-state index is -0.826. The third-order valence-corrected chi connectivity index (χ3v) is 1.80. The highest BCUT2D eigenvalue weighted by Gasteiger charge is 2.25. The molecule has 0 aromatic carbocycles. The lowest BCUT2D eigenvalue weighted by molar-refractivity contribution is -0.385. The van der Waals surface area contributed by atoms with Gasteiger partial charge in [-0.3, -0.25) is 14.9 Å². The first kappa shape index (κ1) is 12.9. The zero-order valence-electron chi connectivity index (χ0n) is 9.67. The topological polar surface area (TPSA) is 91.4 Å². The Morgan fingerprint density at radius 2 is 2.12 bits per heavy atom. The Labute approximate surface area is 97.1 Å². The van der Waals surface area contributed by atoms with E-state index in [1.807, 2.05) is 0 Å². The van der Waals surface area contributed by atoms with Gasteiger partial charge in [0.15, 0.2) is 12.0 Å². The number of hydrogen-bond acceptors (Lipinski definition) is 5. The van der Waals surface area contributed by atoms with E-state index < -0.39 is 22.3 Å². The Hall–Kier alpha value is -2.18. The molecule has 92 valence electrons. The SMILES string of the molecule is CC(C)(C)OC(=O)n1ccc([N+](=O)[O-])c1C=O. The fourth-order valence-electron chi connectivity index (χ4n) is 1.18. The Kier molecular flexibility index (Phi) is 3.31. The van der Waals surface area contributed by atoms with E-state index in [0.29, 0.717) is 0 Å². The summed E-state index contributed by atoms with van der Waals surface area (Å²) >= 11 is 0. The molecule has 7 nitrogen and oxygen atoms in total. The van der Waals surface area contributed by atoms with Crippen LogP contribution < -0.4 is 0 Å². The number of nitro groups is 1. The maximum Gasteiger partial charge on any atom is 0.419 e. The lowest BCUT2D eigenvalue weighted by Crippen LogP contribution is -2.27. The zero-order chi connectivity index (χ0) is 13.2. The fourth-order valence-corrected chi connectivity index (χ4v) is 1.18. The first-order valence-electron chi connectivity index (χ1n) is 4.80. The van der Waals surface area contributed by atoms with Crippen LogP contribution in [0.15, 0.2) is 12.3 Å². The van der Waals surface area contributed by atoms with Crippen molar-refractivity contribution in [1.29, 1.82) is 0 Å². The summed E-state index contributed by atoms with van der Waals surface area (Å²) in [6.07, 6.45) is 0.561. The lowest BCUT2D eigenvalue weighted by atomic mass is 10.2. The first-order chi connectivity index (χ1) is 7.76. The summed E-state index contributed by atoms with van der Waals surface area (Å²) in [7, 11) is 0. The Balaban J connectivity index is 3.11. The molecule has 0 spiro atoms. The number of rotatable bonds is 2. The summed E-state index contributed by atoms with van der Waals surface area (Å²) in [6.45, 7) is 4.97. The molecule has 0 radical (unpaired) electrons. The Morgan fingerprint density at radius 3 is 2.53 bits per heavy atom. The van der Waals surface area contributed by atoms with Gasteiger partial charge in [0.1, 0.15) is 5.60 Å². The summed E-state index contributed by atoms with van der Waals surface area (Å²) in [5.74, 6) is 0. The van der Waals surface area contributed by atoms with E-state index in [2.05, 4.69) is 0 Å². The van der Waals surface area contributed by atoms with E-state index in [4.69, 9.17) is 4.74 Å². The van der Waals surface area contributed by atoms with Crippen LogP contribution in [0.3, 0.4) is 0 Å². The van der Waals surface area contributed by atoms with Crippen molar-refractivity contribution in [3.8, 4) is 0 Å². The smallest absolute Gasteiger partial charge is 0.419 e. The quantitative estimate of drug-likeness (QED) is 0.447. The molecule has 0 saturated heterocycles. The van der Waals surface area contributed by atoms with Gasteiger partial charge in [0, 0.05) is 12.3 Å². The average molecular weight is 240 g/mol. The van der Waals surface area contributed by atoms with Crippen LogP contribution in [0, 0.1) is 10.1 Å². The van der Waals surface area contributed by atoms with E-state index in [1.54, 1.807) is 20.8 Å². The van der Waals surface area contributed by atoms with Gasteiger partial charge in [0.25, 0.3) is 5.69 Å². The van der Waals surface area contributed by atoms with Gasteiger partial charge >= 0.3 is 6.09 Å². The largest absolute Gasteiger partial charge is 0.443 e. The van der Waals surface area contributed by atoms with Crippen molar-refractivity contribution in [3.63, 3.8) is 0 Å². The van der Waals surface area contributed by atoms with E-state index in [9.17, 15) is 19.7 Å². The summed E-state index contributed by atoms with van der Waals surface area (Å²) in [5.41, 5.74) is -1.49. The molecule has 0 amide bonds. The molecule has 0 aliphatic rings. The number of nitrogens with zero attached hydrogens (tertiary/aromatic N) is 2. The van der Waals surface area contributed by atoms with E-state index in [0.717, 1.165) is 16.8 Å². The van der Waals surface area contributed by atoms with Gasteiger partial charge in [-0.05, 0) is 20.8 Å². The van der Waals surface area contributed by atoms with E-state index >= 15 is 0 Å². The van der Waals surface area contributed by atoms with Crippen molar-refractivity contribution in [1.82, 2.24) is 4.57 Å². The Bertz CT molecular complexity index is 470. The number of carbonyl (C=O) groups excluding carboxylic acids is 2. The van der Waals surface area contributed by atoms with Crippen LogP contribution in [0.2, 0.25) is 0 Å². The maximum absolute atomic E-state index is 11.6. The third-order valence-electron chi connectivity index (χ3n) is 1.80. The molecule has 17 heavy (non-hydrogen) atoms. The summed E-state index contributed by atoms with van der Waals surface area (Å²) < 4.78 is 5.82. The second-order valence-electron chi connectivity index (χ2n) is 4.31. The highest BCUT2D eigenvalue weighted by atomic mass is 16.6. The lowest BCUT2D eigenvalue weighted by Gasteiger charge is -2.19. The molecule has 1 heterocycles. The van der Waals surface area contributed by atoms with Gasteiger partial charge in [-0.15, -0.1) is 0 Å². The molecular formula is C10H12N2O5. The summed E-state index contributed by atoms with van der Waals surface area (Å²) in [6, 6.07) is 1.08. The average Bonchev–Trinajstić information content (AvgIpc) is 2.57. The molecule has 0 N–H and O–H groups in total. The van der Waals surface area contributed by atoms with Crippen molar-refractivity contribution >= 4 is 18.1 Å².